The Morgan fingerprint density at radius 3 is 2.24 bits per heavy atom. The van der Waals surface area contributed by atoms with E-state index in [0.717, 1.165) is 22.9 Å². The van der Waals surface area contributed by atoms with Gasteiger partial charge < -0.3 is 15.1 Å². The molecule has 0 saturated heterocycles. The summed E-state index contributed by atoms with van der Waals surface area (Å²) in [4.78, 5) is 17.4. The number of benzene rings is 2. The Kier molecular flexibility index (Phi) is 7.74. The molecule has 4 N–H and O–H groups in total. The summed E-state index contributed by atoms with van der Waals surface area (Å²) in [5.41, 5.74) is 4.96. The van der Waals surface area contributed by atoms with Crippen molar-refractivity contribution >= 4 is 21.5 Å². The quantitative estimate of drug-likeness (QED) is 0.262. The van der Waals surface area contributed by atoms with Gasteiger partial charge in [-0.1, -0.05) is 41.3 Å². The molecule has 2 aromatic carbocycles. The number of aliphatic hydroxyl groups excluding tert-OH is 2. The first-order valence-electron chi connectivity index (χ1n) is 10.5. The molecule has 0 bridgehead atoms. The van der Waals surface area contributed by atoms with Gasteiger partial charge >= 0.3 is 0 Å². The van der Waals surface area contributed by atoms with Crippen molar-refractivity contribution in [2.24, 2.45) is 5.16 Å². The second kappa shape index (κ2) is 10.4. The standard InChI is InChI=1S/C24H26N2O7S/c1-24(23(29)25-30,34(2,31)32)14-20-13-21(26-33-20)18-9-5-16(6-10-18)3-4-17-7-11-19(12-8-17)22(28)15-27/h5-12,20,22,27-28,30H,13-15H2,1-2H3,(H,25,29). The van der Waals surface area contributed by atoms with Crippen LogP contribution in [-0.4, -0.2) is 59.2 Å². The number of amides is 1. The van der Waals surface area contributed by atoms with E-state index in [9.17, 15) is 18.3 Å². The molecular formula is C24H26N2O7S. The molecule has 0 aliphatic carbocycles. The molecule has 10 heteroatoms. The van der Waals surface area contributed by atoms with E-state index < -0.39 is 32.7 Å². The summed E-state index contributed by atoms with van der Waals surface area (Å²) < 4.78 is 22.5. The summed E-state index contributed by atoms with van der Waals surface area (Å²) in [6.07, 6.45) is -0.475. The van der Waals surface area contributed by atoms with Crippen LogP contribution in [0.5, 0.6) is 0 Å². The Balaban J connectivity index is 1.65. The van der Waals surface area contributed by atoms with Crippen molar-refractivity contribution < 1.29 is 33.5 Å². The predicted octanol–water partition coefficient (Wildman–Crippen LogP) is 1.30. The van der Waals surface area contributed by atoms with E-state index in [4.69, 9.17) is 15.2 Å². The maximum Gasteiger partial charge on any atom is 0.264 e. The third kappa shape index (κ3) is 5.63. The zero-order chi connectivity index (χ0) is 24.9. The lowest BCUT2D eigenvalue weighted by Gasteiger charge is -2.26. The summed E-state index contributed by atoms with van der Waals surface area (Å²) in [6, 6.07) is 14.2. The van der Waals surface area contributed by atoms with E-state index in [2.05, 4.69) is 17.0 Å². The molecule has 9 nitrogen and oxygen atoms in total. The van der Waals surface area contributed by atoms with Crippen molar-refractivity contribution in [2.45, 2.75) is 36.7 Å². The fourth-order valence-corrected chi connectivity index (χ4v) is 4.33. The van der Waals surface area contributed by atoms with Gasteiger partial charge in [-0.15, -0.1) is 0 Å². The minimum atomic E-state index is -3.83. The molecule has 3 unspecified atom stereocenters. The van der Waals surface area contributed by atoms with Crippen LogP contribution in [0.4, 0.5) is 0 Å². The first-order chi connectivity index (χ1) is 16.1. The van der Waals surface area contributed by atoms with Crippen LogP contribution < -0.4 is 5.48 Å². The third-order valence-corrected chi connectivity index (χ3v) is 7.78. The van der Waals surface area contributed by atoms with Crippen LogP contribution in [0.1, 0.15) is 48.1 Å². The number of hydrogen-bond acceptors (Lipinski definition) is 8. The van der Waals surface area contributed by atoms with Crippen LogP contribution in [0.3, 0.4) is 0 Å². The lowest BCUT2D eigenvalue weighted by molar-refractivity contribution is -0.132. The van der Waals surface area contributed by atoms with E-state index in [1.54, 1.807) is 24.3 Å². The Morgan fingerprint density at radius 1 is 1.18 bits per heavy atom. The number of oxime groups is 1. The van der Waals surface area contributed by atoms with Gasteiger partial charge in [0.2, 0.25) is 0 Å². The molecule has 2 aromatic rings. The van der Waals surface area contributed by atoms with Crippen LogP contribution in [0.25, 0.3) is 0 Å². The van der Waals surface area contributed by atoms with Crippen molar-refractivity contribution in [3.05, 3.63) is 70.8 Å². The maximum absolute atomic E-state index is 12.2. The average Bonchev–Trinajstić information content (AvgIpc) is 3.29. The Labute approximate surface area is 197 Å². The first-order valence-corrected chi connectivity index (χ1v) is 12.3. The van der Waals surface area contributed by atoms with E-state index >= 15 is 0 Å². The van der Waals surface area contributed by atoms with E-state index in [1.165, 1.54) is 12.4 Å². The number of carbonyl (C=O) groups is 1. The maximum atomic E-state index is 12.2. The second-order valence-corrected chi connectivity index (χ2v) is 10.7. The largest absolute Gasteiger partial charge is 0.393 e. The highest BCUT2D eigenvalue weighted by atomic mass is 32.2. The molecule has 1 heterocycles. The van der Waals surface area contributed by atoms with Gasteiger partial charge in [-0.2, -0.15) is 0 Å². The van der Waals surface area contributed by atoms with Crippen molar-refractivity contribution in [1.29, 1.82) is 0 Å². The summed E-state index contributed by atoms with van der Waals surface area (Å²) in [5.74, 6) is 5.06. The van der Waals surface area contributed by atoms with E-state index in [0.29, 0.717) is 17.7 Å². The van der Waals surface area contributed by atoms with Crippen molar-refractivity contribution in [3.8, 4) is 11.8 Å². The van der Waals surface area contributed by atoms with Crippen LogP contribution in [0.2, 0.25) is 0 Å². The molecule has 0 aromatic heterocycles. The molecule has 180 valence electrons. The highest BCUT2D eigenvalue weighted by Gasteiger charge is 2.47. The average molecular weight is 487 g/mol. The van der Waals surface area contributed by atoms with Crippen molar-refractivity contribution in [3.63, 3.8) is 0 Å². The highest BCUT2D eigenvalue weighted by Crippen LogP contribution is 2.29. The molecule has 3 atom stereocenters. The van der Waals surface area contributed by atoms with Crippen molar-refractivity contribution in [1.82, 2.24) is 5.48 Å². The van der Waals surface area contributed by atoms with Crippen LogP contribution in [-0.2, 0) is 19.5 Å². The summed E-state index contributed by atoms with van der Waals surface area (Å²) in [6.45, 7) is 0.897. The highest BCUT2D eigenvalue weighted by molar-refractivity contribution is 7.92. The minimum Gasteiger partial charge on any atom is -0.393 e. The lowest BCUT2D eigenvalue weighted by atomic mass is 9.96. The van der Waals surface area contributed by atoms with Gasteiger partial charge in [-0.25, -0.2) is 13.9 Å². The van der Waals surface area contributed by atoms with Gasteiger partial charge in [-0.3, -0.25) is 10.0 Å². The summed E-state index contributed by atoms with van der Waals surface area (Å²) in [5, 5.41) is 31.6. The lowest BCUT2D eigenvalue weighted by Crippen LogP contribution is -2.51. The second-order valence-electron chi connectivity index (χ2n) is 8.27. The van der Waals surface area contributed by atoms with Crippen molar-refractivity contribution in [2.75, 3.05) is 12.9 Å². The van der Waals surface area contributed by atoms with Gasteiger partial charge in [0.25, 0.3) is 5.91 Å². The summed E-state index contributed by atoms with van der Waals surface area (Å²) >= 11 is 0. The van der Waals surface area contributed by atoms with Gasteiger partial charge in [0.05, 0.1) is 12.3 Å². The monoisotopic (exact) mass is 486 g/mol. The number of nitrogens with one attached hydrogen (secondary N) is 1. The normalized spacial score (nSPS) is 18.0. The van der Waals surface area contributed by atoms with Crippen LogP contribution in [0, 0.1) is 11.8 Å². The fourth-order valence-electron chi connectivity index (χ4n) is 3.46. The van der Waals surface area contributed by atoms with Gasteiger partial charge in [0.15, 0.2) is 14.6 Å². The molecule has 0 radical (unpaired) electrons. The number of sulfone groups is 1. The number of hydrogen-bond donors (Lipinski definition) is 4. The molecule has 0 spiro atoms. The van der Waals surface area contributed by atoms with Crippen LogP contribution in [0.15, 0.2) is 53.7 Å². The topological polar surface area (TPSA) is 146 Å². The predicted molar refractivity (Wildman–Crippen MR) is 125 cm³/mol. The van der Waals surface area contributed by atoms with Crippen LogP contribution >= 0.6 is 0 Å². The number of nitrogens with zero attached hydrogens (tertiary/aromatic N) is 1. The fraction of sp³-hybridized carbons (Fsp3) is 0.333. The third-order valence-electron chi connectivity index (χ3n) is 5.79. The molecule has 1 aliphatic heterocycles. The van der Waals surface area contributed by atoms with Gasteiger partial charge in [-0.05, 0) is 42.3 Å². The SMILES string of the molecule is CC(CC1CC(c2ccc(C#Cc3ccc(C(O)CO)cc3)cc2)=NO1)(C(=O)NO)S(C)(=O)=O. The molecule has 34 heavy (non-hydrogen) atoms. The number of hydroxylamine groups is 1. The molecule has 1 aliphatic rings. The van der Waals surface area contributed by atoms with E-state index in [-0.39, 0.29) is 13.0 Å². The number of carbonyl (C=O) groups excluding carboxylic acids is 1. The minimum absolute atomic E-state index is 0.164. The van der Waals surface area contributed by atoms with Gasteiger partial charge in [0.1, 0.15) is 12.2 Å². The van der Waals surface area contributed by atoms with Gasteiger partial charge in [0, 0.05) is 30.2 Å². The Bertz CT molecular complexity index is 1230. The number of aliphatic hydroxyl groups is 2. The first kappa shape index (κ1) is 25.4. The molecule has 3 rings (SSSR count). The Morgan fingerprint density at radius 2 is 1.74 bits per heavy atom. The molecule has 0 fully saturated rings. The zero-order valence-electron chi connectivity index (χ0n) is 18.7. The smallest absolute Gasteiger partial charge is 0.264 e. The Hall–Kier alpha value is -3.23. The van der Waals surface area contributed by atoms with E-state index in [1.807, 2.05) is 24.3 Å². The number of rotatable bonds is 7. The summed E-state index contributed by atoms with van der Waals surface area (Å²) in [7, 11) is -3.83. The molecule has 0 saturated carbocycles. The molecule has 1 amide bonds. The zero-order valence-corrected chi connectivity index (χ0v) is 19.5. The molecular weight excluding hydrogens is 460 g/mol.